The van der Waals surface area contributed by atoms with Crippen LogP contribution < -0.4 is 10.1 Å². The largest absolute Gasteiger partial charge is 0.484 e. The van der Waals surface area contributed by atoms with E-state index in [1.54, 1.807) is 6.92 Å². The SMILES string of the molecule is CC(C)NC(=O)[C@@H](C)N(Cc1ccc(Br)cc1)C(=O)COc1ccc(F)cc1. The Morgan fingerprint density at radius 3 is 2.25 bits per heavy atom. The van der Waals surface area contributed by atoms with E-state index in [9.17, 15) is 14.0 Å². The number of hydrogen-bond donors (Lipinski definition) is 1. The van der Waals surface area contributed by atoms with Crippen LogP contribution in [0.25, 0.3) is 0 Å². The lowest BCUT2D eigenvalue weighted by molar-refractivity contribution is -0.142. The highest BCUT2D eigenvalue weighted by Gasteiger charge is 2.26. The molecule has 0 saturated carbocycles. The van der Waals surface area contributed by atoms with E-state index >= 15 is 0 Å². The molecule has 2 amide bonds. The summed E-state index contributed by atoms with van der Waals surface area (Å²) in [6.45, 7) is 5.44. The topological polar surface area (TPSA) is 58.6 Å². The van der Waals surface area contributed by atoms with Gasteiger partial charge in [0.2, 0.25) is 5.91 Å². The van der Waals surface area contributed by atoms with Gasteiger partial charge in [-0.2, -0.15) is 0 Å². The summed E-state index contributed by atoms with van der Waals surface area (Å²) in [5.74, 6) is -0.562. The molecule has 1 atom stereocenters. The maximum atomic E-state index is 13.0. The van der Waals surface area contributed by atoms with Crippen molar-refractivity contribution in [2.45, 2.75) is 39.4 Å². The number of halogens is 2. The van der Waals surface area contributed by atoms with E-state index in [0.717, 1.165) is 10.0 Å². The average Bonchev–Trinajstić information content (AvgIpc) is 2.65. The molecule has 150 valence electrons. The van der Waals surface area contributed by atoms with Gasteiger partial charge < -0.3 is 15.0 Å². The molecule has 0 aliphatic rings. The predicted octanol–water partition coefficient (Wildman–Crippen LogP) is 3.91. The Balaban J connectivity index is 2.12. The molecule has 0 fully saturated rings. The number of benzene rings is 2. The summed E-state index contributed by atoms with van der Waals surface area (Å²) < 4.78 is 19.4. The van der Waals surface area contributed by atoms with Gasteiger partial charge in [0.15, 0.2) is 6.61 Å². The number of carbonyl (C=O) groups is 2. The van der Waals surface area contributed by atoms with Gasteiger partial charge in [-0.15, -0.1) is 0 Å². The van der Waals surface area contributed by atoms with E-state index < -0.39 is 6.04 Å². The molecule has 0 unspecified atom stereocenters. The second-order valence-electron chi connectivity index (χ2n) is 6.73. The zero-order valence-electron chi connectivity index (χ0n) is 16.1. The number of carbonyl (C=O) groups excluding carboxylic acids is 2. The maximum absolute atomic E-state index is 13.0. The molecule has 0 aliphatic carbocycles. The number of nitrogens with one attached hydrogen (secondary N) is 1. The Kier molecular flexibility index (Phi) is 7.99. The summed E-state index contributed by atoms with van der Waals surface area (Å²) >= 11 is 3.38. The van der Waals surface area contributed by atoms with E-state index in [0.29, 0.717) is 5.75 Å². The van der Waals surface area contributed by atoms with Crippen LogP contribution in [-0.4, -0.2) is 35.4 Å². The van der Waals surface area contributed by atoms with Gasteiger partial charge in [0.25, 0.3) is 5.91 Å². The van der Waals surface area contributed by atoms with Crippen molar-refractivity contribution >= 4 is 27.7 Å². The van der Waals surface area contributed by atoms with Crippen LogP contribution in [0.5, 0.6) is 5.75 Å². The minimum Gasteiger partial charge on any atom is -0.484 e. The highest BCUT2D eigenvalue weighted by Crippen LogP contribution is 2.16. The Morgan fingerprint density at radius 1 is 1.07 bits per heavy atom. The van der Waals surface area contributed by atoms with Crippen molar-refractivity contribution < 1.29 is 18.7 Å². The summed E-state index contributed by atoms with van der Waals surface area (Å²) in [6, 6.07) is 12.3. The van der Waals surface area contributed by atoms with Crippen molar-refractivity contribution in [3.8, 4) is 5.75 Å². The van der Waals surface area contributed by atoms with Crippen molar-refractivity contribution in [1.29, 1.82) is 0 Å². The van der Waals surface area contributed by atoms with Crippen molar-refractivity contribution in [2.24, 2.45) is 0 Å². The standard InChI is InChI=1S/C21H24BrFN2O3/c1-14(2)24-21(27)15(3)25(12-16-4-6-17(22)7-5-16)20(26)13-28-19-10-8-18(23)9-11-19/h4-11,14-15H,12-13H2,1-3H3,(H,24,27)/t15-/m1/s1. The van der Waals surface area contributed by atoms with Crippen molar-refractivity contribution in [1.82, 2.24) is 10.2 Å². The quantitative estimate of drug-likeness (QED) is 0.662. The fraction of sp³-hybridized carbons (Fsp3) is 0.333. The maximum Gasteiger partial charge on any atom is 0.261 e. The van der Waals surface area contributed by atoms with Crippen LogP contribution in [0.2, 0.25) is 0 Å². The smallest absolute Gasteiger partial charge is 0.261 e. The van der Waals surface area contributed by atoms with E-state index in [2.05, 4.69) is 21.2 Å². The first-order valence-corrected chi connectivity index (χ1v) is 9.78. The molecular formula is C21H24BrFN2O3. The van der Waals surface area contributed by atoms with E-state index in [1.165, 1.54) is 29.2 Å². The minimum absolute atomic E-state index is 0.0324. The Bertz CT molecular complexity index is 794. The molecule has 7 heteroatoms. The molecule has 0 radical (unpaired) electrons. The van der Waals surface area contributed by atoms with Crippen LogP contribution in [0, 0.1) is 5.82 Å². The van der Waals surface area contributed by atoms with Crippen molar-refractivity contribution in [3.63, 3.8) is 0 Å². The van der Waals surface area contributed by atoms with Gasteiger partial charge in [-0.05, 0) is 62.7 Å². The van der Waals surface area contributed by atoms with Crippen LogP contribution in [0.15, 0.2) is 53.0 Å². The zero-order chi connectivity index (χ0) is 20.7. The van der Waals surface area contributed by atoms with Crippen LogP contribution >= 0.6 is 15.9 Å². The van der Waals surface area contributed by atoms with E-state index in [-0.39, 0.29) is 36.8 Å². The van der Waals surface area contributed by atoms with Crippen molar-refractivity contribution in [3.05, 3.63) is 64.4 Å². The number of rotatable bonds is 8. The minimum atomic E-state index is -0.671. The third-order valence-corrected chi connectivity index (χ3v) is 4.57. The summed E-state index contributed by atoms with van der Waals surface area (Å²) in [4.78, 5) is 26.8. The summed E-state index contributed by atoms with van der Waals surface area (Å²) in [5, 5.41) is 2.83. The zero-order valence-corrected chi connectivity index (χ0v) is 17.7. The number of ether oxygens (including phenoxy) is 1. The number of amides is 2. The number of nitrogens with zero attached hydrogens (tertiary/aromatic N) is 1. The molecule has 0 heterocycles. The van der Waals surface area contributed by atoms with Gasteiger partial charge in [0.05, 0.1) is 0 Å². The molecule has 0 bridgehead atoms. The van der Waals surface area contributed by atoms with Gasteiger partial charge in [0.1, 0.15) is 17.6 Å². The third kappa shape index (κ3) is 6.64. The lowest BCUT2D eigenvalue weighted by Crippen LogP contribution is -2.50. The van der Waals surface area contributed by atoms with E-state index in [4.69, 9.17) is 4.74 Å². The van der Waals surface area contributed by atoms with E-state index in [1.807, 2.05) is 38.1 Å². The normalized spacial score (nSPS) is 11.8. The second-order valence-corrected chi connectivity index (χ2v) is 7.65. The second kappa shape index (κ2) is 10.2. The molecule has 28 heavy (non-hydrogen) atoms. The van der Waals surface area contributed by atoms with Gasteiger partial charge in [-0.3, -0.25) is 9.59 Å². The Hall–Kier alpha value is -2.41. The first-order valence-electron chi connectivity index (χ1n) is 8.99. The molecule has 2 aromatic rings. The Morgan fingerprint density at radius 2 is 1.68 bits per heavy atom. The fourth-order valence-corrected chi connectivity index (χ4v) is 2.80. The summed E-state index contributed by atoms with van der Waals surface area (Å²) in [6.07, 6.45) is 0. The molecular weight excluding hydrogens is 427 g/mol. The Labute approximate surface area is 173 Å². The first kappa shape index (κ1) is 21.9. The third-order valence-electron chi connectivity index (χ3n) is 4.04. The molecule has 0 saturated heterocycles. The average molecular weight is 451 g/mol. The monoisotopic (exact) mass is 450 g/mol. The lowest BCUT2D eigenvalue weighted by Gasteiger charge is -2.29. The highest BCUT2D eigenvalue weighted by atomic mass is 79.9. The van der Waals surface area contributed by atoms with Crippen molar-refractivity contribution in [2.75, 3.05) is 6.61 Å². The molecule has 0 aliphatic heterocycles. The fourth-order valence-electron chi connectivity index (χ4n) is 2.53. The molecule has 1 N–H and O–H groups in total. The molecule has 0 spiro atoms. The summed E-state index contributed by atoms with van der Waals surface area (Å²) in [7, 11) is 0. The predicted molar refractivity (Wildman–Crippen MR) is 109 cm³/mol. The molecule has 5 nitrogen and oxygen atoms in total. The van der Waals surface area contributed by atoms with Gasteiger partial charge >= 0.3 is 0 Å². The van der Waals surface area contributed by atoms with Crippen LogP contribution in [0.3, 0.4) is 0 Å². The van der Waals surface area contributed by atoms with Gasteiger partial charge in [-0.25, -0.2) is 4.39 Å². The van der Waals surface area contributed by atoms with Crippen LogP contribution in [0.1, 0.15) is 26.3 Å². The van der Waals surface area contributed by atoms with Gasteiger partial charge in [-0.1, -0.05) is 28.1 Å². The highest BCUT2D eigenvalue weighted by molar-refractivity contribution is 9.10. The number of hydrogen-bond acceptors (Lipinski definition) is 3. The van der Waals surface area contributed by atoms with Crippen LogP contribution in [0.4, 0.5) is 4.39 Å². The lowest BCUT2D eigenvalue weighted by atomic mass is 10.1. The first-order chi connectivity index (χ1) is 13.3. The van der Waals surface area contributed by atoms with Crippen LogP contribution in [-0.2, 0) is 16.1 Å². The molecule has 2 aromatic carbocycles. The molecule has 0 aromatic heterocycles. The molecule has 2 rings (SSSR count). The summed E-state index contributed by atoms with van der Waals surface area (Å²) in [5.41, 5.74) is 0.891. The van der Waals surface area contributed by atoms with Gasteiger partial charge in [0, 0.05) is 17.1 Å².